The summed E-state index contributed by atoms with van der Waals surface area (Å²) in [6.45, 7) is 0. The smallest absolute Gasteiger partial charge is 0.278 e. The number of benzene rings is 3. The van der Waals surface area contributed by atoms with E-state index in [2.05, 4.69) is 14.7 Å². The second-order valence-corrected chi connectivity index (χ2v) is 9.36. The van der Waals surface area contributed by atoms with Crippen LogP contribution in [0.3, 0.4) is 0 Å². The van der Waals surface area contributed by atoms with Crippen molar-refractivity contribution in [2.45, 2.75) is 11.3 Å². The van der Waals surface area contributed by atoms with Crippen LogP contribution in [0.4, 0.5) is 5.69 Å². The Morgan fingerprint density at radius 3 is 2.32 bits per heavy atom. The number of hydrogen-bond donors (Lipinski definition) is 1. The number of nitrogens with zero attached hydrogens (tertiary/aromatic N) is 3. The van der Waals surface area contributed by atoms with Gasteiger partial charge < -0.3 is 0 Å². The molecule has 0 spiro atoms. The van der Waals surface area contributed by atoms with E-state index in [9.17, 15) is 13.2 Å². The van der Waals surface area contributed by atoms with Gasteiger partial charge in [-0.1, -0.05) is 54.6 Å². The predicted molar refractivity (Wildman–Crippen MR) is 132 cm³/mol. The Morgan fingerprint density at radius 1 is 0.824 bits per heavy atom. The number of nitrogens with one attached hydrogen (secondary N) is 1. The summed E-state index contributed by atoms with van der Waals surface area (Å²) in [5.41, 5.74) is 2.82. The molecule has 0 bridgehead atoms. The number of sulfonamides is 1. The SMILES string of the molecule is O=c1c(Cc2ccccc2)nc2cccnc2n1-c1cccc(NS(=O)(=O)c2ccccc2)c1. The molecular formula is C26H20N4O3S. The van der Waals surface area contributed by atoms with Gasteiger partial charge in [0.25, 0.3) is 15.6 Å². The molecule has 0 saturated heterocycles. The molecule has 3 aromatic carbocycles. The van der Waals surface area contributed by atoms with Crippen LogP contribution in [-0.4, -0.2) is 23.0 Å². The topological polar surface area (TPSA) is 93.9 Å². The molecule has 0 radical (unpaired) electrons. The average Bonchev–Trinajstić information content (AvgIpc) is 2.86. The van der Waals surface area contributed by atoms with E-state index >= 15 is 0 Å². The van der Waals surface area contributed by atoms with Crippen LogP contribution >= 0.6 is 0 Å². The van der Waals surface area contributed by atoms with E-state index in [1.807, 2.05) is 30.3 Å². The molecule has 2 heterocycles. The maximum atomic E-state index is 13.5. The third-order valence-corrected chi connectivity index (χ3v) is 6.70. The van der Waals surface area contributed by atoms with E-state index < -0.39 is 10.0 Å². The van der Waals surface area contributed by atoms with Crippen LogP contribution in [0.15, 0.2) is 113 Å². The highest BCUT2D eigenvalue weighted by Gasteiger charge is 2.17. The predicted octanol–water partition coefficient (Wildman–Crippen LogP) is 4.17. The van der Waals surface area contributed by atoms with Gasteiger partial charge >= 0.3 is 0 Å². The van der Waals surface area contributed by atoms with Crippen molar-refractivity contribution in [1.29, 1.82) is 0 Å². The third kappa shape index (κ3) is 4.31. The van der Waals surface area contributed by atoms with Crippen molar-refractivity contribution < 1.29 is 8.42 Å². The number of rotatable bonds is 6. The van der Waals surface area contributed by atoms with Gasteiger partial charge in [-0.3, -0.25) is 14.1 Å². The van der Waals surface area contributed by atoms with Gasteiger partial charge in [0.15, 0.2) is 5.65 Å². The van der Waals surface area contributed by atoms with E-state index in [0.29, 0.717) is 34.7 Å². The molecule has 0 unspecified atom stereocenters. The first kappa shape index (κ1) is 21.5. The Balaban J connectivity index is 1.61. The summed E-state index contributed by atoms with van der Waals surface area (Å²) >= 11 is 0. The summed E-state index contributed by atoms with van der Waals surface area (Å²) in [7, 11) is -3.78. The van der Waals surface area contributed by atoms with Crippen molar-refractivity contribution in [3.63, 3.8) is 0 Å². The lowest BCUT2D eigenvalue weighted by Gasteiger charge is -2.14. The molecular weight excluding hydrogens is 448 g/mol. The molecule has 0 aliphatic carbocycles. The summed E-state index contributed by atoms with van der Waals surface area (Å²) in [6, 6.07) is 28.0. The van der Waals surface area contributed by atoms with Crippen molar-refractivity contribution in [3.05, 3.63) is 125 Å². The Hall–Kier alpha value is -4.30. The molecule has 0 atom stereocenters. The molecule has 34 heavy (non-hydrogen) atoms. The number of hydrogen-bond acceptors (Lipinski definition) is 5. The second-order valence-electron chi connectivity index (χ2n) is 7.68. The molecule has 2 aromatic heterocycles. The zero-order valence-corrected chi connectivity index (χ0v) is 18.8. The number of anilines is 1. The van der Waals surface area contributed by atoms with Crippen LogP contribution in [0.25, 0.3) is 16.9 Å². The van der Waals surface area contributed by atoms with Crippen LogP contribution in [-0.2, 0) is 16.4 Å². The minimum atomic E-state index is -3.78. The van der Waals surface area contributed by atoms with Crippen molar-refractivity contribution in [2.24, 2.45) is 0 Å². The number of fused-ring (bicyclic) bond motifs is 1. The summed E-state index contributed by atoms with van der Waals surface area (Å²) in [5, 5.41) is 0. The maximum absolute atomic E-state index is 13.5. The van der Waals surface area contributed by atoms with E-state index in [1.54, 1.807) is 60.8 Å². The molecule has 168 valence electrons. The second kappa shape index (κ2) is 8.92. The largest absolute Gasteiger partial charge is 0.280 e. The highest BCUT2D eigenvalue weighted by atomic mass is 32.2. The Morgan fingerprint density at radius 2 is 1.56 bits per heavy atom. The zero-order chi connectivity index (χ0) is 23.5. The summed E-state index contributed by atoms with van der Waals surface area (Å²) < 4.78 is 29.6. The maximum Gasteiger partial charge on any atom is 0.278 e. The van der Waals surface area contributed by atoms with Gasteiger partial charge in [-0.25, -0.2) is 18.4 Å². The van der Waals surface area contributed by atoms with Crippen molar-refractivity contribution in [3.8, 4) is 5.69 Å². The van der Waals surface area contributed by atoms with Crippen LogP contribution < -0.4 is 10.3 Å². The van der Waals surface area contributed by atoms with Gasteiger partial charge in [-0.15, -0.1) is 0 Å². The normalized spacial score (nSPS) is 11.4. The molecule has 0 saturated carbocycles. The van der Waals surface area contributed by atoms with Gasteiger partial charge in [-0.05, 0) is 48.0 Å². The average molecular weight is 469 g/mol. The number of aromatic nitrogens is 3. The highest BCUT2D eigenvalue weighted by molar-refractivity contribution is 7.92. The molecule has 0 amide bonds. The van der Waals surface area contributed by atoms with E-state index in [0.717, 1.165) is 5.56 Å². The first-order valence-corrected chi connectivity index (χ1v) is 12.1. The van der Waals surface area contributed by atoms with Gasteiger partial charge in [0, 0.05) is 12.6 Å². The van der Waals surface area contributed by atoms with Crippen LogP contribution in [0.5, 0.6) is 0 Å². The Kier molecular flexibility index (Phi) is 5.65. The molecule has 0 aliphatic heterocycles. The fourth-order valence-electron chi connectivity index (χ4n) is 3.73. The van der Waals surface area contributed by atoms with Crippen molar-refractivity contribution in [1.82, 2.24) is 14.5 Å². The Labute approximate surface area is 196 Å². The van der Waals surface area contributed by atoms with Gasteiger partial charge in [-0.2, -0.15) is 0 Å². The first-order chi connectivity index (χ1) is 16.5. The minimum absolute atomic E-state index is 0.152. The zero-order valence-electron chi connectivity index (χ0n) is 18.0. The van der Waals surface area contributed by atoms with Crippen LogP contribution in [0.1, 0.15) is 11.3 Å². The lowest BCUT2D eigenvalue weighted by Crippen LogP contribution is -2.25. The molecule has 1 N–H and O–H groups in total. The van der Waals surface area contributed by atoms with Crippen LogP contribution in [0, 0.1) is 0 Å². The van der Waals surface area contributed by atoms with Crippen molar-refractivity contribution >= 4 is 26.9 Å². The molecule has 5 aromatic rings. The molecule has 5 rings (SSSR count). The lowest BCUT2D eigenvalue weighted by molar-refractivity contribution is 0.601. The van der Waals surface area contributed by atoms with Crippen molar-refractivity contribution in [2.75, 3.05) is 4.72 Å². The minimum Gasteiger partial charge on any atom is -0.280 e. The summed E-state index contributed by atoms with van der Waals surface area (Å²) in [4.78, 5) is 22.6. The van der Waals surface area contributed by atoms with E-state index in [1.165, 1.54) is 16.7 Å². The van der Waals surface area contributed by atoms with Crippen LogP contribution in [0.2, 0.25) is 0 Å². The lowest BCUT2D eigenvalue weighted by atomic mass is 10.1. The third-order valence-electron chi connectivity index (χ3n) is 5.31. The van der Waals surface area contributed by atoms with E-state index in [4.69, 9.17) is 0 Å². The summed E-state index contributed by atoms with van der Waals surface area (Å²) in [6.07, 6.45) is 1.96. The highest BCUT2D eigenvalue weighted by Crippen LogP contribution is 2.21. The fraction of sp³-hybridized carbons (Fsp3) is 0.0385. The quantitative estimate of drug-likeness (QED) is 0.404. The standard InChI is InChI=1S/C26H20N4O3S/c31-26-24(17-19-9-3-1-4-10-19)28-23-15-8-16-27-25(23)30(26)21-12-7-11-20(18-21)29-34(32,33)22-13-5-2-6-14-22/h1-16,18,29H,17H2. The Bertz CT molecular complexity index is 1630. The molecule has 7 nitrogen and oxygen atoms in total. The first-order valence-electron chi connectivity index (χ1n) is 10.6. The molecule has 8 heteroatoms. The molecule has 0 fully saturated rings. The number of pyridine rings is 1. The fourth-order valence-corrected chi connectivity index (χ4v) is 4.80. The van der Waals surface area contributed by atoms with Gasteiger partial charge in [0.05, 0.1) is 16.3 Å². The van der Waals surface area contributed by atoms with Gasteiger partial charge in [0.1, 0.15) is 11.2 Å². The van der Waals surface area contributed by atoms with Gasteiger partial charge in [0.2, 0.25) is 0 Å². The monoisotopic (exact) mass is 468 g/mol. The summed E-state index contributed by atoms with van der Waals surface area (Å²) in [5.74, 6) is 0. The van der Waals surface area contributed by atoms with E-state index in [-0.39, 0.29) is 10.5 Å². The molecule has 0 aliphatic rings.